The molecule has 1 heterocycles. The third-order valence-electron chi connectivity index (χ3n) is 5.02. The second-order valence-corrected chi connectivity index (χ2v) is 12.7. The summed E-state index contributed by atoms with van der Waals surface area (Å²) >= 11 is 7.44. The average Bonchev–Trinajstić information content (AvgIpc) is 3.04. The van der Waals surface area contributed by atoms with Crippen molar-refractivity contribution in [3.8, 4) is 0 Å². The largest absolute Gasteiger partial charge is 0.474 e. The van der Waals surface area contributed by atoms with E-state index in [9.17, 15) is 22.5 Å². The van der Waals surface area contributed by atoms with Crippen LogP contribution in [0.3, 0.4) is 0 Å². The van der Waals surface area contributed by atoms with Gasteiger partial charge in [0.1, 0.15) is 5.60 Å². The molecule has 0 spiro atoms. The van der Waals surface area contributed by atoms with Crippen LogP contribution in [0, 0.1) is 0 Å². The third-order valence-corrected chi connectivity index (χ3v) is 7.80. The first-order chi connectivity index (χ1) is 16.0. The molecule has 0 aliphatic heterocycles. The molecule has 1 N–H and O–H groups in total. The van der Waals surface area contributed by atoms with Crippen LogP contribution in [0.4, 0.5) is 18.0 Å². The Balaban J connectivity index is 2.19. The minimum Gasteiger partial charge on any atom is -0.444 e. The minimum atomic E-state index is -4.44. The van der Waals surface area contributed by atoms with Gasteiger partial charge in [-0.1, -0.05) is 17.7 Å². The van der Waals surface area contributed by atoms with Gasteiger partial charge in [-0.15, -0.1) is 11.3 Å². The van der Waals surface area contributed by atoms with Crippen LogP contribution < -0.4 is 5.32 Å². The number of ether oxygens (including phenoxy) is 1. The number of rotatable bonds is 10. The van der Waals surface area contributed by atoms with Gasteiger partial charge < -0.3 is 10.1 Å². The summed E-state index contributed by atoms with van der Waals surface area (Å²) in [7, 11) is -1.45. The number of phosphoric ester groups is 1. The van der Waals surface area contributed by atoms with Crippen molar-refractivity contribution in [1.82, 2.24) is 5.32 Å². The van der Waals surface area contributed by atoms with Crippen LogP contribution in [0.2, 0.25) is 4.34 Å². The fraction of sp³-hybridized carbons (Fsp3) is 0.591. The molecule has 1 aromatic heterocycles. The Hall–Kier alpha value is -1.36. The zero-order valence-electron chi connectivity index (χ0n) is 20.4. The van der Waals surface area contributed by atoms with Crippen LogP contribution in [0.15, 0.2) is 18.2 Å². The summed E-state index contributed by atoms with van der Waals surface area (Å²) in [5.74, 6) is 0. The Bertz CT molecular complexity index is 1080. The van der Waals surface area contributed by atoms with Gasteiger partial charge in [0.25, 0.3) is 0 Å². The summed E-state index contributed by atoms with van der Waals surface area (Å²) in [5, 5.41) is 3.40. The second-order valence-electron chi connectivity index (χ2n) is 9.19. The van der Waals surface area contributed by atoms with E-state index in [1.54, 1.807) is 27.7 Å². The molecule has 35 heavy (non-hydrogen) atoms. The quantitative estimate of drug-likeness (QED) is 0.302. The molecule has 2 aromatic rings. The van der Waals surface area contributed by atoms with Gasteiger partial charge in [-0.2, -0.15) is 13.2 Å². The Morgan fingerprint density at radius 3 is 2.31 bits per heavy atom. The number of aryl methyl sites for hydroxylation is 1. The molecule has 1 atom stereocenters. The van der Waals surface area contributed by atoms with Gasteiger partial charge in [-0.3, -0.25) is 13.6 Å². The molecule has 0 saturated heterocycles. The number of halogens is 4. The normalized spacial score (nSPS) is 14.7. The van der Waals surface area contributed by atoms with Gasteiger partial charge in [0.2, 0.25) is 0 Å². The maximum absolute atomic E-state index is 13.0. The van der Waals surface area contributed by atoms with Crippen molar-refractivity contribution in [2.75, 3.05) is 20.8 Å². The van der Waals surface area contributed by atoms with Crippen molar-refractivity contribution < 1.29 is 40.8 Å². The summed E-state index contributed by atoms with van der Waals surface area (Å²) in [6, 6.07) is 3.54. The van der Waals surface area contributed by atoms with Gasteiger partial charge in [0, 0.05) is 18.9 Å². The number of hydrogen-bond donors (Lipinski definition) is 1. The SMILES string of the molecule is COP(=O)(OC)OC[C@@](C)(CCCc1c(Cl)sc2cc(C(F)(F)F)ccc12)NC(=O)OC(C)(C)C. The predicted octanol–water partition coefficient (Wildman–Crippen LogP) is 7.60. The zero-order chi connectivity index (χ0) is 26.7. The molecule has 198 valence electrons. The Morgan fingerprint density at radius 1 is 1.14 bits per heavy atom. The highest BCUT2D eigenvalue weighted by atomic mass is 35.5. The topological polar surface area (TPSA) is 83.1 Å². The number of fused-ring (bicyclic) bond motifs is 1. The summed E-state index contributed by atoms with van der Waals surface area (Å²) in [6.07, 6.45) is -3.88. The lowest BCUT2D eigenvalue weighted by Gasteiger charge is -2.32. The van der Waals surface area contributed by atoms with Crippen LogP contribution in [-0.2, 0) is 35.5 Å². The molecule has 0 bridgehead atoms. The Labute approximate surface area is 211 Å². The van der Waals surface area contributed by atoms with Crippen molar-refractivity contribution in [3.63, 3.8) is 0 Å². The summed E-state index contributed by atoms with van der Waals surface area (Å²) in [4.78, 5) is 12.4. The van der Waals surface area contributed by atoms with E-state index >= 15 is 0 Å². The molecule has 0 radical (unpaired) electrons. The van der Waals surface area contributed by atoms with Crippen molar-refractivity contribution >= 4 is 46.9 Å². The van der Waals surface area contributed by atoms with E-state index in [-0.39, 0.29) is 6.61 Å². The maximum atomic E-state index is 13.0. The first-order valence-corrected chi connectivity index (χ1v) is 13.3. The highest BCUT2D eigenvalue weighted by Crippen LogP contribution is 2.48. The molecule has 13 heteroatoms. The maximum Gasteiger partial charge on any atom is 0.474 e. The van der Waals surface area contributed by atoms with Crippen LogP contribution in [0.5, 0.6) is 0 Å². The number of alkyl carbamates (subject to hydrolysis) is 1. The lowest BCUT2D eigenvalue weighted by Crippen LogP contribution is -2.51. The molecular weight excluding hydrogens is 530 g/mol. The molecule has 1 amide bonds. The first-order valence-electron chi connectivity index (χ1n) is 10.7. The third kappa shape index (κ3) is 8.61. The minimum absolute atomic E-state index is 0.210. The number of phosphoric acid groups is 1. The molecule has 0 aliphatic carbocycles. The lowest BCUT2D eigenvalue weighted by atomic mass is 9.94. The van der Waals surface area contributed by atoms with Gasteiger partial charge in [0.05, 0.1) is 22.0 Å². The number of nitrogens with one attached hydrogen (secondary N) is 1. The molecule has 1 aromatic carbocycles. The molecule has 0 fully saturated rings. The number of amides is 1. The van der Waals surface area contributed by atoms with Crippen molar-refractivity contribution in [1.29, 1.82) is 0 Å². The van der Waals surface area contributed by atoms with Crippen molar-refractivity contribution in [2.24, 2.45) is 0 Å². The molecule has 0 saturated carbocycles. The number of carbonyl (C=O) groups excluding carboxylic acids is 1. The fourth-order valence-electron chi connectivity index (χ4n) is 3.31. The van der Waals surface area contributed by atoms with Gasteiger partial charge in [-0.25, -0.2) is 9.36 Å². The predicted molar refractivity (Wildman–Crippen MR) is 130 cm³/mol. The summed E-state index contributed by atoms with van der Waals surface area (Å²) < 4.78 is 72.6. The lowest BCUT2D eigenvalue weighted by molar-refractivity contribution is -0.137. The summed E-state index contributed by atoms with van der Waals surface area (Å²) in [6.45, 7) is 6.64. The monoisotopic (exact) mass is 559 g/mol. The second kappa shape index (κ2) is 11.4. The molecular formula is C22H30ClF3NO6PS. The average molecular weight is 560 g/mol. The van der Waals surface area contributed by atoms with Gasteiger partial charge >= 0.3 is 20.1 Å². The highest BCUT2D eigenvalue weighted by molar-refractivity contribution is 7.48. The van der Waals surface area contributed by atoms with Crippen LogP contribution >= 0.6 is 30.8 Å². The standard InChI is InChI=1S/C22H30ClF3NO6PS/c1-20(2,3)33-19(28)27-21(4,13-32-34(29,30-5)31-6)11-7-8-16-15-10-9-14(22(24,25)26)12-17(15)35-18(16)23/h9-10,12H,7-8,11,13H2,1-6H3,(H,27,28)/t21-/m1/s1. The van der Waals surface area contributed by atoms with Crippen LogP contribution in [0.1, 0.15) is 51.7 Å². The number of thiophene rings is 1. The first kappa shape index (κ1) is 29.9. The van der Waals surface area contributed by atoms with E-state index in [2.05, 4.69) is 5.32 Å². The number of benzene rings is 1. The van der Waals surface area contributed by atoms with Gasteiger partial charge in [-0.05, 0) is 70.0 Å². The Morgan fingerprint density at radius 2 is 1.77 bits per heavy atom. The van der Waals surface area contributed by atoms with E-state index < -0.39 is 36.8 Å². The van der Waals surface area contributed by atoms with E-state index in [1.165, 1.54) is 20.3 Å². The van der Waals surface area contributed by atoms with Crippen LogP contribution in [0.25, 0.3) is 10.1 Å². The number of carbonyl (C=O) groups is 1. The van der Waals surface area contributed by atoms with Gasteiger partial charge in [0.15, 0.2) is 0 Å². The Kier molecular flexibility index (Phi) is 9.69. The van der Waals surface area contributed by atoms with E-state index in [4.69, 9.17) is 29.9 Å². The van der Waals surface area contributed by atoms with Crippen LogP contribution in [-0.4, -0.2) is 38.1 Å². The summed E-state index contributed by atoms with van der Waals surface area (Å²) in [5.41, 5.74) is -1.78. The zero-order valence-corrected chi connectivity index (χ0v) is 22.8. The van der Waals surface area contributed by atoms with Crippen molar-refractivity contribution in [3.05, 3.63) is 33.7 Å². The van der Waals surface area contributed by atoms with E-state index in [0.29, 0.717) is 33.7 Å². The molecule has 2 rings (SSSR count). The molecule has 7 nitrogen and oxygen atoms in total. The number of alkyl halides is 3. The highest BCUT2D eigenvalue weighted by Gasteiger charge is 2.34. The van der Waals surface area contributed by atoms with E-state index in [1.807, 2.05) is 0 Å². The van der Waals surface area contributed by atoms with Crippen molar-refractivity contribution in [2.45, 2.75) is 64.3 Å². The smallest absolute Gasteiger partial charge is 0.444 e. The molecule has 0 aliphatic rings. The van der Waals surface area contributed by atoms with E-state index in [0.717, 1.165) is 29.0 Å². The number of hydrogen-bond acceptors (Lipinski definition) is 7. The molecule has 0 unspecified atom stereocenters. The fourth-order valence-corrected chi connectivity index (χ4v) is 5.57.